The Kier molecular flexibility index (Phi) is 3.29. The number of carbonyl (C=O) groups excluding carboxylic acids is 1. The molecule has 17 heavy (non-hydrogen) atoms. The number of rotatable bonds is 4. The molecule has 0 spiro atoms. The van der Waals surface area contributed by atoms with Gasteiger partial charge in [-0.05, 0) is 12.1 Å². The average Bonchev–Trinajstić information content (AvgIpc) is 2.82. The number of pyridine rings is 1. The zero-order valence-corrected chi connectivity index (χ0v) is 9.05. The van der Waals surface area contributed by atoms with E-state index in [1.807, 2.05) is 0 Å². The van der Waals surface area contributed by atoms with E-state index in [0.29, 0.717) is 24.5 Å². The Bertz CT molecular complexity index is 495. The number of aromatic nitrogens is 4. The van der Waals surface area contributed by atoms with E-state index in [4.69, 9.17) is 5.73 Å². The van der Waals surface area contributed by atoms with Crippen LogP contribution in [0.1, 0.15) is 16.3 Å². The van der Waals surface area contributed by atoms with Crippen LogP contribution < -0.4 is 11.1 Å². The van der Waals surface area contributed by atoms with Crippen molar-refractivity contribution in [1.82, 2.24) is 25.5 Å². The zero-order valence-electron chi connectivity index (χ0n) is 9.05. The largest absolute Gasteiger partial charge is 0.384 e. The number of nitrogens with one attached hydrogen (secondary N) is 2. The highest BCUT2D eigenvalue weighted by Gasteiger charge is 2.06. The molecule has 1 amide bonds. The van der Waals surface area contributed by atoms with Crippen LogP contribution in [-0.2, 0) is 6.42 Å². The van der Waals surface area contributed by atoms with E-state index in [-0.39, 0.29) is 5.91 Å². The van der Waals surface area contributed by atoms with Crippen LogP contribution in [0.3, 0.4) is 0 Å². The molecule has 0 aliphatic carbocycles. The van der Waals surface area contributed by atoms with Crippen molar-refractivity contribution in [2.24, 2.45) is 0 Å². The fraction of sp³-hybridized carbons (Fsp3) is 0.200. The number of nitrogen functional groups attached to an aromatic ring is 1. The van der Waals surface area contributed by atoms with Gasteiger partial charge in [0.25, 0.3) is 5.91 Å². The Morgan fingerprint density at radius 2 is 2.35 bits per heavy atom. The molecule has 7 nitrogen and oxygen atoms in total. The highest BCUT2D eigenvalue weighted by Crippen LogP contribution is 1.99. The van der Waals surface area contributed by atoms with Gasteiger partial charge in [0.05, 0.1) is 0 Å². The maximum atomic E-state index is 11.6. The predicted molar refractivity (Wildman–Crippen MR) is 61.1 cm³/mol. The molecule has 7 heteroatoms. The van der Waals surface area contributed by atoms with Gasteiger partial charge in [0.15, 0.2) is 0 Å². The van der Waals surface area contributed by atoms with Gasteiger partial charge in [-0.15, -0.1) is 0 Å². The number of nitrogens with zero attached hydrogens (tertiary/aromatic N) is 3. The minimum Gasteiger partial charge on any atom is -0.384 e. The van der Waals surface area contributed by atoms with Gasteiger partial charge in [-0.25, -0.2) is 9.97 Å². The van der Waals surface area contributed by atoms with Crippen LogP contribution in [-0.4, -0.2) is 32.6 Å². The Morgan fingerprint density at radius 1 is 1.47 bits per heavy atom. The van der Waals surface area contributed by atoms with Gasteiger partial charge < -0.3 is 11.1 Å². The van der Waals surface area contributed by atoms with Gasteiger partial charge in [-0.2, -0.15) is 5.10 Å². The lowest BCUT2D eigenvalue weighted by Crippen LogP contribution is -2.26. The topological polar surface area (TPSA) is 110 Å². The summed E-state index contributed by atoms with van der Waals surface area (Å²) in [6.07, 6.45) is 2.02. The Morgan fingerprint density at radius 3 is 3.06 bits per heavy atom. The summed E-state index contributed by atoms with van der Waals surface area (Å²) in [6, 6.07) is 4.93. The highest BCUT2D eigenvalue weighted by atomic mass is 16.1. The number of aromatic amines is 1. The second kappa shape index (κ2) is 5.06. The summed E-state index contributed by atoms with van der Waals surface area (Å²) in [5.41, 5.74) is 5.80. The lowest BCUT2D eigenvalue weighted by Gasteiger charge is -2.03. The summed E-state index contributed by atoms with van der Waals surface area (Å²) in [5, 5.41) is 9.14. The molecule has 2 aromatic rings. The third-order valence-corrected chi connectivity index (χ3v) is 2.12. The van der Waals surface area contributed by atoms with E-state index >= 15 is 0 Å². The summed E-state index contributed by atoms with van der Waals surface area (Å²) in [5.74, 6) is 0.801. The van der Waals surface area contributed by atoms with Crippen LogP contribution in [0.5, 0.6) is 0 Å². The molecule has 0 atom stereocenters. The van der Waals surface area contributed by atoms with Gasteiger partial charge in [-0.3, -0.25) is 9.89 Å². The van der Waals surface area contributed by atoms with Crippen molar-refractivity contribution < 1.29 is 4.79 Å². The second-order valence-electron chi connectivity index (χ2n) is 3.39. The quantitative estimate of drug-likeness (QED) is 0.673. The van der Waals surface area contributed by atoms with Crippen LogP contribution >= 0.6 is 0 Å². The molecule has 0 aromatic carbocycles. The average molecular weight is 232 g/mol. The van der Waals surface area contributed by atoms with Crippen molar-refractivity contribution in [3.63, 3.8) is 0 Å². The van der Waals surface area contributed by atoms with Crippen molar-refractivity contribution in [3.05, 3.63) is 36.0 Å². The first kappa shape index (κ1) is 11.1. The fourth-order valence-electron chi connectivity index (χ4n) is 1.31. The highest BCUT2D eigenvalue weighted by molar-refractivity contribution is 5.92. The molecule has 0 radical (unpaired) electrons. The lowest BCUT2D eigenvalue weighted by molar-refractivity contribution is 0.0949. The molecular formula is C10H12N6O. The molecule has 2 heterocycles. The third-order valence-electron chi connectivity index (χ3n) is 2.12. The molecule has 0 saturated heterocycles. The number of hydrogen-bond acceptors (Lipinski definition) is 5. The monoisotopic (exact) mass is 232 g/mol. The third kappa shape index (κ3) is 3.00. The normalized spacial score (nSPS) is 10.1. The summed E-state index contributed by atoms with van der Waals surface area (Å²) < 4.78 is 0. The van der Waals surface area contributed by atoms with Gasteiger partial charge in [-0.1, -0.05) is 6.07 Å². The summed E-state index contributed by atoms with van der Waals surface area (Å²) in [7, 11) is 0. The Labute approximate surface area is 97.5 Å². The number of amides is 1. The van der Waals surface area contributed by atoms with E-state index < -0.39 is 0 Å². The van der Waals surface area contributed by atoms with Gasteiger partial charge in [0.1, 0.15) is 23.7 Å². The van der Waals surface area contributed by atoms with E-state index in [0.717, 1.165) is 5.82 Å². The van der Waals surface area contributed by atoms with Crippen LogP contribution in [0.15, 0.2) is 24.5 Å². The number of nitrogens with two attached hydrogens (primary N) is 1. The lowest BCUT2D eigenvalue weighted by atomic mass is 10.3. The standard InChI is InChI=1S/C10H12N6O/c11-8-3-1-2-7(15-8)10(17)12-5-4-9-13-6-14-16-9/h1-3,6H,4-5H2,(H2,11,15)(H,12,17)(H,13,14,16). The Hall–Kier alpha value is -2.44. The van der Waals surface area contributed by atoms with Crippen molar-refractivity contribution in [2.75, 3.05) is 12.3 Å². The molecule has 0 bridgehead atoms. The van der Waals surface area contributed by atoms with Gasteiger partial charge in [0, 0.05) is 13.0 Å². The molecule has 0 saturated carbocycles. The minimum atomic E-state index is -0.253. The Balaban J connectivity index is 1.85. The van der Waals surface area contributed by atoms with Gasteiger partial charge >= 0.3 is 0 Å². The van der Waals surface area contributed by atoms with Crippen LogP contribution in [0.2, 0.25) is 0 Å². The van der Waals surface area contributed by atoms with E-state index in [1.54, 1.807) is 18.2 Å². The van der Waals surface area contributed by atoms with E-state index in [9.17, 15) is 4.79 Å². The SMILES string of the molecule is Nc1cccc(C(=O)NCCc2ncn[nH]2)n1. The molecule has 0 fully saturated rings. The first-order valence-electron chi connectivity index (χ1n) is 5.10. The molecule has 2 rings (SSSR count). The summed E-state index contributed by atoms with van der Waals surface area (Å²) >= 11 is 0. The molecule has 0 unspecified atom stereocenters. The van der Waals surface area contributed by atoms with Crippen LogP contribution in [0.25, 0.3) is 0 Å². The van der Waals surface area contributed by atoms with Crippen LogP contribution in [0, 0.1) is 0 Å². The van der Waals surface area contributed by atoms with Crippen molar-refractivity contribution >= 4 is 11.7 Å². The number of anilines is 1. The minimum absolute atomic E-state index is 0.253. The summed E-state index contributed by atoms with van der Waals surface area (Å²) in [4.78, 5) is 19.5. The van der Waals surface area contributed by atoms with E-state index in [1.165, 1.54) is 6.33 Å². The number of carbonyl (C=O) groups is 1. The first-order chi connectivity index (χ1) is 8.25. The second-order valence-corrected chi connectivity index (χ2v) is 3.39. The number of H-pyrrole nitrogens is 1. The number of hydrogen-bond donors (Lipinski definition) is 3. The van der Waals surface area contributed by atoms with Crippen molar-refractivity contribution in [1.29, 1.82) is 0 Å². The van der Waals surface area contributed by atoms with Crippen molar-refractivity contribution in [3.8, 4) is 0 Å². The predicted octanol–water partition coefficient (Wildman–Crippen LogP) is -0.246. The van der Waals surface area contributed by atoms with Crippen LogP contribution in [0.4, 0.5) is 5.82 Å². The van der Waals surface area contributed by atoms with Gasteiger partial charge in [0.2, 0.25) is 0 Å². The smallest absolute Gasteiger partial charge is 0.269 e. The first-order valence-corrected chi connectivity index (χ1v) is 5.10. The molecule has 88 valence electrons. The molecular weight excluding hydrogens is 220 g/mol. The molecule has 4 N–H and O–H groups in total. The fourth-order valence-corrected chi connectivity index (χ4v) is 1.31. The van der Waals surface area contributed by atoms with E-state index in [2.05, 4.69) is 25.5 Å². The maximum absolute atomic E-state index is 11.6. The molecule has 0 aliphatic rings. The molecule has 0 aliphatic heterocycles. The summed E-state index contributed by atoms with van der Waals surface area (Å²) in [6.45, 7) is 0.463. The molecule has 2 aromatic heterocycles. The zero-order chi connectivity index (χ0) is 12.1. The maximum Gasteiger partial charge on any atom is 0.269 e. The van der Waals surface area contributed by atoms with Crippen molar-refractivity contribution in [2.45, 2.75) is 6.42 Å².